The third-order valence-corrected chi connectivity index (χ3v) is 5.90. The average molecular weight is 397 g/mol. The van der Waals surface area contributed by atoms with Gasteiger partial charge in [-0.25, -0.2) is 4.98 Å². The summed E-state index contributed by atoms with van der Waals surface area (Å²) in [6.45, 7) is 5.18. The fourth-order valence-electron chi connectivity index (χ4n) is 3.57. The van der Waals surface area contributed by atoms with Gasteiger partial charge in [-0.3, -0.25) is 4.79 Å². The Labute approximate surface area is 168 Å². The Morgan fingerprint density at radius 2 is 2.18 bits per heavy atom. The molecule has 1 aliphatic heterocycles. The minimum Gasteiger partial charge on any atom is -0.472 e. The summed E-state index contributed by atoms with van der Waals surface area (Å²) in [5.74, 6) is 1.88. The van der Waals surface area contributed by atoms with Crippen LogP contribution in [0.3, 0.4) is 0 Å². The van der Waals surface area contributed by atoms with E-state index in [1.165, 1.54) is 0 Å². The summed E-state index contributed by atoms with van der Waals surface area (Å²) < 4.78 is 6.05. The molecule has 1 amide bonds. The number of aromatic nitrogens is 3. The third-order valence-electron chi connectivity index (χ3n) is 4.86. The number of thioether (sulfide) groups is 1. The maximum Gasteiger partial charge on any atom is 0.233 e. The molecular formula is C21H24N4O2S. The second-order valence-electron chi connectivity index (χ2n) is 7.10. The van der Waals surface area contributed by atoms with E-state index >= 15 is 0 Å². The van der Waals surface area contributed by atoms with E-state index in [4.69, 9.17) is 4.74 Å². The molecule has 3 heterocycles. The number of para-hydroxylation sites is 1. The van der Waals surface area contributed by atoms with Crippen molar-refractivity contribution in [3.63, 3.8) is 0 Å². The quantitative estimate of drug-likeness (QED) is 0.665. The van der Waals surface area contributed by atoms with Crippen molar-refractivity contribution in [2.24, 2.45) is 0 Å². The number of aromatic amines is 1. The monoisotopic (exact) mass is 396 g/mol. The van der Waals surface area contributed by atoms with Crippen LogP contribution in [0.25, 0.3) is 10.9 Å². The van der Waals surface area contributed by atoms with E-state index < -0.39 is 0 Å². The summed E-state index contributed by atoms with van der Waals surface area (Å²) in [7, 11) is 0. The van der Waals surface area contributed by atoms with Crippen molar-refractivity contribution in [1.82, 2.24) is 19.9 Å². The maximum absolute atomic E-state index is 12.7. The van der Waals surface area contributed by atoms with E-state index in [2.05, 4.69) is 21.0 Å². The number of fused-ring (bicyclic) bond motifs is 1. The number of rotatable bonds is 5. The van der Waals surface area contributed by atoms with Gasteiger partial charge in [0, 0.05) is 40.3 Å². The third kappa shape index (κ3) is 4.30. The van der Waals surface area contributed by atoms with Gasteiger partial charge >= 0.3 is 0 Å². The van der Waals surface area contributed by atoms with Gasteiger partial charge in [0.1, 0.15) is 11.9 Å². The molecule has 0 spiro atoms. The normalized spacial score (nSPS) is 17.1. The van der Waals surface area contributed by atoms with Gasteiger partial charge in [0.25, 0.3) is 0 Å². The molecule has 1 fully saturated rings. The number of piperidine rings is 1. The summed E-state index contributed by atoms with van der Waals surface area (Å²) >= 11 is 1.58. The van der Waals surface area contributed by atoms with Gasteiger partial charge in [0.15, 0.2) is 0 Å². The number of likely N-dealkylation sites (tertiary alicyclic amines) is 1. The summed E-state index contributed by atoms with van der Waals surface area (Å²) in [5, 5.41) is 1.16. The van der Waals surface area contributed by atoms with Crippen LogP contribution >= 0.6 is 11.8 Å². The van der Waals surface area contributed by atoms with Crippen molar-refractivity contribution in [2.45, 2.75) is 37.7 Å². The van der Waals surface area contributed by atoms with Gasteiger partial charge < -0.3 is 14.6 Å². The van der Waals surface area contributed by atoms with Gasteiger partial charge in [0.2, 0.25) is 11.8 Å². The molecule has 1 atom stereocenters. The van der Waals surface area contributed by atoms with Crippen molar-refractivity contribution in [2.75, 3.05) is 18.8 Å². The average Bonchev–Trinajstić information content (AvgIpc) is 3.09. The number of nitrogens with one attached hydrogen (secondary N) is 1. The van der Waals surface area contributed by atoms with Crippen LogP contribution in [0.15, 0.2) is 41.4 Å². The zero-order chi connectivity index (χ0) is 19.5. The first-order valence-corrected chi connectivity index (χ1v) is 10.5. The van der Waals surface area contributed by atoms with Gasteiger partial charge in [-0.1, -0.05) is 18.2 Å². The highest BCUT2D eigenvalue weighted by Gasteiger charge is 2.25. The van der Waals surface area contributed by atoms with E-state index in [1.807, 2.05) is 49.2 Å². The molecular weight excluding hydrogens is 372 g/mol. The molecule has 1 aromatic carbocycles. The van der Waals surface area contributed by atoms with Crippen molar-refractivity contribution < 1.29 is 9.53 Å². The Kier molecular flexibility index (Phi) is 5.52. The largest absolute Gasteiger partial charge is 0.472 e. The molecule has 0 saturated carbocycles. The number of benzene rings is 1. The summed E-state index contributed by atoms with van der Waals surface area (Å²) in [4.78, 5) is 27.7. The number of carbonyl (C=O) groups excluding carboxylic acids is 1. The molecule has 2 aromatic heterocycles. The Hall–Kier alpha value is -2.54. The standard InChI is InChI=1S/C21H24N4O2S/c1-14-10-20(24-15(2)23-14)27-16-6-5-9-25(12-16)21(26)13-28-19-11-22-18-8-4-3-7-17(18)19/h3-4,7-8,10-11,16,22H,5-6,9,12-13H2,1-2H3/t16-/m1/s1. The van der Waals surface area contributed by atoms with E-state index in [9.17, 15) is 4.79 Å². The van der Waals surface area contributed by atoms with Crippen molar-refractivity contribution in [3.8, 4) is 5.88 Å². The van der Waals surface area contributed by atoms with Crippen LogP contribution in [0.2, 0.25) is 0 Å². The lowest BCUT2D eigenvalue weighted by atomic mass is 10.1. The number of ether oxygens (including phenoxy) is 1. The number of nitrogens with zero attached hydrogens (tertiary/aromatic N) is 3. The predicted molar refractivity (Wildman–Crippen MR) is 111 cm³/mol. The number of H-pyrrole nitrogens is 1. The Balaban J connectivity index is 1.35. The highest BCUT2D eigenvalue weighted by Crippen LogP contribution is 2.28. The molecule has 146 valence electrons. The molecule has 28 heavy (non-hydrogen) atoms. The Morgan fingerprint density at radius 1 is 1.32 bits per heavy atom. The second kappa shape index (κ2) is 8.22. The fraction of sp³-hybridized carbons (Fsp3) is 0.381. The Bertz CT molecular complexity index is 967. The highest BCUT2D eigenvalue weighted by molar-refractivity contribution is 8.00. The van der Waals surface area contributed by atoms with Gasteiger partial charge in [-0.05, 0) is 32.8 Å². The molecule has 0 bridgehead atoms. The number of amides is 1. The van der Waals surface area contributed by atoms with Crippen LogP contribution in [0, 0.1) is 13.8 Å². The second-order valence-corrected chi connectivity index (χ2v) is 8.12. The highest BCUT2D eigenvalue weighted by atomic mass is 32.2. The predicted octanol–water partition coefficient (Wildman–Crippen LogP) is 3.74. The molecule has 0 aliphatic carbocycles. The lowest BCUT2D eigenvalue weighted by Crippen LogP contribution is -2.45. The fourth-order valence-corrected chi connectivity index (χ4v) is 4.51. The molecule has 6 nitrogen and oxygen atoms in total. The number of hydrogen-bond acceptors (Lipinski definition) is 5. The van der Waals surface area contributed by atoms with Crippen LogP contribution in [0.4, 0.5) is 0 Å². The smallest absolute Gasteiger partial charge is 0.233 e. The molecule has 0 unspecified atom stereocenters. The molecule has 1 N–H and O–H groups in total. The molecule has 4 rings (SSSR count). The first-order chi connectivity index (χ1) is 13.6. The van der Waals surface area contributed by atoms with Crippen molar-refractivity contribution in [3.05, 3.63) is 48.0 Å². The van der Waals surface area contributed by atoms with Crippen LogP contribution in [0.5, 0.6) is 5.88 Å². The van der Waals surface area contributed by atoms with E-state index in [-0.39, 0.29) is 12.0 Å². The minimum atomic E-state index is -0.0236. The Morgan fingerprint density at radius 3 is 3.04 bits per heavy atom. The summed E-state index contributed by atoms with van der Waals surface area (Å²) in [6, 6.07) is 10.00. The molecule has 1 saturated heterocycles. The van der Waals surface area contributed by atoms with E-state index in [0.29, 0.717) is 24.0 Å². The first kappa shape index (κ1) is 18.8. The topological polar surface area (TPSA) is 71.1 Å². The summed E-state index contributed by atoms with van der Waals surface area (Å²) in [6.07, 6.45) is 3.83. The van der Waals surface area contributed by atoms with Crippen LogP contribution in [-0.2, 0) is 4.79 Å². The van der Waals surface area contributed by atoms with Crippen LogP contribution in [-0.4, -0.2) is 50.7 Å². The van der Waals surface area contributed by atoms with Gasteiger partial charge in [0.05, 0.1) is 12.3 Å². The zero-order valence-electron chi connectivity index (χ0n) is 16.1. The van der Waals surface area contributed by atoms with Crippen molar-refractivity contribution >= 4 is 28.6 Å². The van der Waals surface area contributed by atoms with E-state index in [0.717, 1.165) is 40.9 Å². The minimum absolute atomic E-state index is 0.0236. The first-order valence-electron chi connectivity index (χ1n) is 9.54. The number of hydrogen-bond donors (Lipinski definition) is 1. The van der Waals surface area contributed by atoms with Crippen LogP contribution in [0.1, 0.15) is 24.4 Å². The molecule has 1 aliphatic rings. The number of aryl methyl sites for hydroxylation is 2. The maximum atomic E-state index is 12.7. The van der Waals surface area contributed by atoms with E-state index in [1.54, 1.807) is 11.8 Å². The molecule has 7 heteroatoms. The SMILES string of the molecule is Cc1cc(O[C@@H]2CCCN(C(=O)CSc3c[nH]c4ccccc34)C2)nc(C)n1. The lowest BCUT2D eigenvalue weighted by molar-refractivity contribution is -0.130. The molecule has 0 radical (unpaired) electrons. The van der Waals surface area contributed by atoms with Crippen molar-refractivity contribution in [1.29, 1.82) is 0 Å². The molecule has 3 aromatic rings. The number of carbonyl (C=O) groups is 1. The zero-order valence-corrected chi connectivity index (χ0v) is 17.0. The lowest BCUT2D eigenvalue weighted by Gasteiger charge is -2.32. The van der Waals surface area contributed by atoms with Crippen LogP contribution < -0.4 is 4.74 Å². The van der Waals surface area contributed by atoms with Gasteiger partial charge in [-0.15, -0.1) is 11.8 Å². The summed E-state index contributed by atoms with van der Waals surface area (Å²) in [5.41, 5.74) is 1.99. The van der Waals surface area contributed by atoms with Gasteiger partial charge in [-0.2, -0.15) is 4.98 Å².